The first-order valence-electron chi connectivity index (χ1n) is 11.1. The molecule has 0 saturated heterocycles. The molecule has 4 aromatic rings. The van der Waals surface area contributed by atoms with Gasteiger partial charge in [-0.1, -0.05) is 76.9 Å². The number of amides is 1. The molecule has 0 saturated carbocycles. The van der Waals surface area contributed by atoms with Crippen molar-refractivity contribution in [1.82, 2.24) is 10.5 Å². The molecule has 4 rings (SSSR count). The number of carbonyl (C=O) groups excluding carboxylic acids is 1. The van der Waals surface area contributed by atoms with Gasteiger partial charge in [0.1, 0.15) is 0 Å². The Balaban J connectivity index is 1.50. The van der Waals surface area contributed by atoms with Gasteiger partial charge in [0, 0.05) is 29.1 Å². The summed E-state index contributed by atoms with van der Waals surface area (Å²) >= 11 is 12.3. The zero-order valence-electron chi connectivity index (χ0n) is 18.9. The minimum Gasteiger partial charge on any atom is -0.479 e. The molecular formula is C27H22Cl2N2O5. The van der Waals surface area contributed by atoms with E-state index < -0.39 is 24.0 Å². The molecule has 0 spiro atoms. The molecule has 0 fully saturated rings. The lowest BCUT2D eigenvalue weighted by Crippen LogP contribution is -2.40. The van der Waals surface area contributed by atoms with Crippen molar-refractivity contribution in [3.63, 3.8) is 0 Å². The first-order chi connectivity index (χ1) is 17.3. The lowest BCUT2D eigenvalue weighted by molar-refractivity contribution is -0.147. The van der Waals surface area contributed by atoms with Crippen molar-refractivity contribution in [1.29, 1.82) is 0 Å². The summed E-state index contributed by atoms with van der Waals surface area (Å²) in [5, 5.41) is 26.8. The zero-order chi connectivity index (χ0) is 25.7. The van der Waals surface area contributed by atoms with Gasteiger partial charge in [-0.2, -0.15) is 0 Å². The van der Waals surface area contributed by atoms with Crippen molar-refractivity contribution in [2.24, 2.45) is 0 Å². The number of halogens is 2. The van der Waals surface area contributed by atoms with E-state index in [1.807, 2.05) is 42.5 Å². The van der Waals surface area contributed by atoms with Crippen molar-refractivity contribution in [2.45, 2.75) is 25.0 Å². The number of aliphatic hydroxyl groups is 1. The van der Waals surface area contributed by atoms with E-state index in [0.717, 1.165) is 16.7 Å². The van der Waals surface area contributed by atoms with Crippen LogP contribution in [0.15, 0.2) is 83.4 Å². The number of carbonyl (C=O) groups is 2. The smallest absolute Gasteiger partial charge is 0.332 e. The Kier molecular flexibility index (Phi) is 8.05. The van der Waals surface area contributed by atoms with E-state index in [2.05, 4.69) is 10.5 Å². The van der Waals surface area contributed by atoms with Gasteiger partial charge in [0.2, 0.25) is 0 Å². The topological polar surface area (TPSA) is 113 Å². The SMILES string of the molecule is O=C(NC(Cc1ccc(-c2cccc(Cl)c2)cc1)CC(O)C(=O)O)c1cc(-c2ccccc2Cl)on1. The van der Waals surface area contributed by atoms with Crippen LogP contribution in [-0.4, -0.2) is 39.4 Å². The van der Waals surface area contributed by atoms with E-state index in [9.17, 15) is 19.8 Å². The maximum absolute atomic E-state index is 12.9. The highest BCUT2D eigenvalue weighted by atomic mass is 35.5. The van der Waals surface area contributed by atoms with Gasteiger partial charge in [0.05, 0.1) is 5.02 Å². The third kappa shape index (κ3) is 6.31. The van der Waals surface area contributed by atoms with Crippen molar-refractivity contribution in [3.8, 4) is 22.5 Å². The highest BCUT2D eigenvalue weighted by molar-refractivity contribution is 6.33. The van der Waals surface area contributed by atoms with Crippen LogP contribution in [0, 0.1) is 0 Å². The van der Waals surface area contributed by atoms with Crippen LogP contribution in [0.3, 0.4) is 0 Å². The normalized spacial score (nSPS) is 12.6. The Morgan fingerprint density at radius 2 is 1.69 bits per heavy atom. The summed E-state index contributed by atoms with van der Waals surface area (Å²) in [7, 11) is 0. The zero-order valence-corrected chi connectivity index (χ0v) is 20.4. The Morgan fingerprint density at radius 3 is 2.39 bits per heavy atom. The number of hydrogen-bond donors (Lipinski definition) is 3. The Labute approximate surface area is 217 Å². The van der Waals surface area contributed by atoms with Crippen LogP contribution in [0.5, 0.6) is 0 Å². The van der Waals surface area contributed by atoms with Gasteiger partial charge < -0.3 is 20.1 Å². The number of rotatable bonds is 9. The molecule has 3 N–H and O–H groups in total. The average Bonchev–Trinajstić information content (AvgIpc) is 3.35. The van der Waals surface area contributed by atoms with Crippen LogP contribution in [0.4, 0.5) is 0 Å². The standard InChI is InChI=1S/C27H22Cl2N2O5/c28-19-5-3-4-18(13-19)17-10-8-16(9-11-17)12-20(14-24(32)27(34)35)30-26(33)23-15-25(36-31-23)21-6-1-2-7-22(21)29/h1-11,13,15,20,24,32H,12,14H2,(H,30,33)(H,34,35). The second kappa shape index (κ2) is 11.4. The summed E-state index contributed by atoms with van der Waals surface area (Å²) in [6.07, 6.45) is -1.54. The minimum atomic E-state index is -1.64. The van der Waals surface area contributed by atoms with Gasteiger partial charge in [0.15, 0.2) is 17.6 Å². The second-order valence-corrected chi connectivity index (χ2v) is 9.07. The molecule has 3 aromatic carbocycles. The quantitative estimate of drug-likeness (QED) is 0.266. The fraction of sp³-hybridized carbons (Fsp3) is 0.148. The molecular weight excluding hydrogens is 503 g/mol. The first-order valence-corrected chi connectivity index (χ1v) is 11.8. The van der Waals surface area contributed by atoms with Gasteiger partial charge in [0.25, 0.3) is 5.91 Å². The van der Waals surface area contributed by atoms with Crippen LogP contribution in [0.2, 0.25) is 10.0 Å². The Bertz CT molecular complexity index is 1370. The largest absolute Gasteiger partial charge is 0.479 e. The predicted molar refractivity (Wildman–Crippen MR) is 137 cm³/mol. The number of carboxylic acids is 1. The average molecular weight is 525 g/mol. The number of aromatic nitrogens is 1. The molecule has 1 amide bonds. The molecule has 0 aliphatic carbocycles. The van der Waals surface area contributed by atoms with Crippen LogP contribution < -0.4 is 5.32 Å². The number of nitrogens with one attached hydrogen (secondary N) is 1. The molecule has 36 heavy (non-hydrogen) atoms. The summed E-state index contributed by atoms with van der Waals surface area (Å²) in [5.41, 5.74) is 3.36. The second-order valence-electron chi connectivity index (χ2n) is 8.23. The number of benzene rings is 3. The maximum Gasteiger partial charge on any atom is 0.332 e. The van der Waals surface area contributed by atoms with E-state index in [4.69, 9.17) is 27.7 Å². The summed E-state index contributed by atoms with van der Waals surface area (Å²) < 4.78 is 5.29. The third-order valence-electron chi connectivity index (χ3n) is 5.60. The molecule has 0 bridgehead atoms. The number of aliphatic hydroxyl groups excluding tert-OH is 1. The van der Waals surface area contributed by atoms with Gasteiger partial charge in [-0.05, 0) is 47.4 Å². The Hall–Kier alpha value is -3.65. The van der Waals surface area contributed by atoms with Crippen molar-refractivity contribution in [3.05, 3.63) is 100 Å². The molecule has 7 nitrogen and oxygen atoms in total. The monoisotopic (exact) mass is 524 g/mol. The highest BCUT2D eigenvalue weighted by Gasteiger charge is 2.24. The van der Waals surface area contributed by atoms with E-state index in [-0.39, 0.29) is 12.1 Å². The number of nitrogens with zero attached hydrogens (tertiary/aromatic N) is 1. The fourth-order valence-corrected chi connectivity index (χ4v) is 4.20. The van der Waals surface area contributed by atoms with Gasteiger partial charge in [-0.15, -0.1) is 0 Å². The number of aliphatic carboxylic acids is 1. The summed E-state index contributed by atoms with van der Waals surface area (Å²) in [5.74, 6) is -1.60. The number of carboxylic acid groups (broad SMARTS) is 1. The van der Waals surface area contributed by atoms with Gasteiger partial charge in [-0.25, -0.2) is 4.79 Å². The lowest BCUT2D eigenvalue weighted by atomic mass is 9.97. The molecule has 2 unspecified atom stereocenters. The molecule has 9 heteroatoms. The van der Waals surface area contributed by atoms with E-state index in [1.165, 1.54) is 6.07 Å². The van der Waals surface area contributed by atoms with Crippen LogP contribution in [-0.2, 0) is 11.2 Å². The Morgan fingerprint density at radius 1 is 0.944 bits per heavy atom. The van der Waals surface area contributed by atoms with Crippen LogP contribution in [0.25, 0.3) is 22.5 Å². The van der Waals surface area contributed by atoms with E-state index in [1.54, 1.807) is 30.3 Å². The molecule has 2 atom stereocenters. The molecule has 0 radical (unpaired) electrons. The highest BCUT2D eigenvalue weighted by Crippen LogP contribution is 2.28. The van der Waals surface area contributed by atoms with E-state index in [0.29, 0.717) is 27.8 Å². The molecule has 184 valence electrons. The molecule has 1 heterocycles. The molecule has 1 aromatic heterocycles. The fourth-order valence-electron chi connectivity index (χ4n) is 3.78. The lowest BCUT2D eigenvalue weighted by Gasteiger charge is -2.20. The van der Waals surface area contributed by atoms with Gasteiger partial charge >= 0.3 is 5.97 Å². The molecule has 0 aliphatic heterocycles. The first kappa shape index (κ1) is 25.4. The summed E-state index contributed by atoms with van der Waals surface area (Å²) in [6.45, 7) is 0. The van der Waals surface area contributed by atoms with Crippen LogP contribution >= 0.6 is 23.2 Å². The predicted octanol–water partition coefficient (Wildman–Crippen LogP) is 5.49. The summed E-state index contributed by atoms with van der Waals surface area (Å²) in [4.78, 5) is 24.1. The maximum atomic E-state index is 12.9. The number of hydrogen-bond acceptors (Lipinski definition) is 5. The van der Waals surface area contributed by atoms with Gasteiger partial charge in [-0.3, -0.25) is 4.79 Å². The van der Waals surface area contributed by atoms with Crippen molar-refractivity contribution in [2.75, 3.05) is 0 Å². The van der Waals surface area contributed by atoms with Crippen molar-refractivity contribution >= 4 is 35.1 Å². The third-order valence-corrected chi connectivity index (χ3v) is 6.17. The minimum absolute atomic E-state index is 0.0102. The summed E-state index contributed by atoms with van der Waals surface area (Å²) in [6, 6.07) is 22.8. The van der Waals surface area contributed by atoms with Crippen LogP contribution in [0.1, 0.15) is 22.5 Å². The molecule has 0 aliphatic rings. The van der Waals surface area contributed by atoms with E-state index >= 15 is 0 Å². The van der Waals surface area contributed by atoms with Crippen molar-refractivity contribution < 1.29 is 24.3 Å².